The predicted molar refractivity (Wildman–Crippen MR) is 98.5 cm³/mol. The van der Waals surface area contributed by atoms with Crippen LogP contribution in [0, 0.1) is 0 Å². The van der Waals surface area contributed by atoms with Crippen LogP contribution in [-0.4, -0.2) is 30.9 Å². The van der Waals surface area contributed by atoms with Crippen molar-refractivity contribution in [1.82, 2.24) is 5.32 Å². The molecule has 4 N–H and O–H groups in total. The lowest BCUT2D eigenvalue weighted by Crippen LogP contribution is -2.29. The third kappa shape index (κ3) is 5.05. The summed E-state index contributed by atoms with van der Waals surface area (Å²) in [5.41, 5.74) is 6.21. The Morgan fingerprint density at radius 2 is 1.81 bits per heavy atom. The average molecular weight is 376 g/mol. The molecule has 2 aromatic carbocycles. The van der Waals surface area contributed by atoms with Crippen LogP contribution in [0.1, 0.15) is 27.6 Å². The largest absolute Gasteiger partial charge is 0.426 e. The van der Waals surface area contributed by atoms with Crippen molar-refractivity contribution < 1.29 is 19.1 Å². The van der Waals surface area contributed by atoms with Crippen molar-refractivity contribution in [3.8, 4) is 5.75 Å². The van der Waals surface area contributed by atoms with Crippen LogP contribution in [0.2, 0.25) is 5.02 Å². The van der Waals surface area contributed by atoms with E-state index in [1.54, 1.807) is 18.2 Å². The van der Waals surface area contributed by atoms with Crippen molar-refractivity contribution >= 4 is 35.1 Å². The van der Waals surface area contributed by atoms with E-state index < -0.39 is 11.9 Å². The molecule has 0 saturated carbocycles. The molecule has 0 atom stereocenters. The highest BCUT2D eigenvalue weighted by Crippen LogP contribution is 2.23. The van der Waals surface area contributed by atoms with Crippen LogP contribution in [0.25, 0.3) is 0 Å². The Bertz CT molecular complexity index is 839. The molecule has 2 amide bonds. The number of hydrogen-bond acceptors (Lipinski definition) is 5. The monoisotopic (exact) mass is 375 g/mol. The van der Waals surface area contributed by atoms with E-state index in [9.17, 15) is 14.4 Å². The highest BCUT2D eigenvalue weighted by atomic mass is 35.5. The van der Waals surface area contributed by atoms with Crippen molar-refractivity contribution in [2.75, 3.05) is 18.4 Å². The average Bonchev–Trinajstić information content (AvgIpc) is 2.59. The Hall–Kier alpha value is -2.90. The first-order valence-electron chi connectivity index (χ1n) is 7.79. The van der Waals surface area contributed by atoms with Crippen molar-refractivity contribution in [2.24, 2.45) is 5.73 Å². The molecular formula is C18H18ClN3O4. The topological polar surface area (TPSA) is 111 Å². The van der Waals surface area contributed by atoms with Crippen LogP contribution < -0.4 is 21.1 Å². The smallest absolute Gasteiger partial charge is 0.308 e. The number of benzene rings is 2. The summed E-state index contributed by atoms with van der Waals surface area (Å²) in [6.07, 6.45) is 0. The zero-order valence-corrected chi connectivity index (χ0v) is 14.8. The van der Waals surface area contributed by atoms with Crippen LogP contribution in [0.5, 0.6) is 5.75 Å². The molecule has 8 heteroatoms. The summed E-state index contributed by atoms with van der Waals surface area (Å²) in [7, 11) is 0. The number of carbonyl (C=O) groups is 3. The van der Waals surface area contributed by atoms with Gasteiger partial charge >= 0.3 is 5.97 Å². The number of para-hydroxylation sites is 1. The fraction of sp³-hybridized carbons (Fsp3) is 0.167. The molecule has 2 rings (SSSR count). The number of halogens is 1. The van der Waals surface area contributed by atoms with Gasteiger partial charge in [-0.1, -0.05) is 23.7 Å². The lowest BCUT2D eigenvalue weighted by molar-refractivity contribution is -0.131. The van der Waals surface area contributed by atoms with Crippen LogP contribution >= 0.6 is 11.6 Å². The van der Waals surface area contributed by atoms with Gasteiger partial charge in [0.25, 0.3) is 11.8 Å². The molecule has 0 aromatic heterocycles. The van der Waals surface area contributed by atoms with Gasteiger partial charge < -0.3 is 21.1 Å². The zero-order valence-electron chi connectivity index (χ0n) is 14.0. The van der Waals surface area contributed by atoms with Crippen LogP contribution in [0.15, 0.2) is 42.5 Å². The Kier molecular flexibility index (Phi) is 6.71. The van der Waals surface area contributed by atoms with Crippen LogP contribution in [0.4, 0.5) is 5.69 Å². The summed E-state index contributed by atoms with van der Waals surface area (Å²) >= 11 is 6.12. The van der Waals surface area contributed by atoms with E-state index in [-0.39, 0.29) is 27.8 Å². The normalized spacial score (nSPS) is 10.1. The van der Waals surface area contributed by atoms with E-state index in [2.05, 4.69) is 10.6 Å². The van der Waals surface area contributed by atoms with Gasteiger partial charge in [-0.25, -0.2) is 0 Å². The first-order valence-corrected chi connectivity index (χ1v) is 8.16. The second-order valence-corrected chi connectivity index (χ2v) is 5.69. The zero-order chi connectivity index (χ0) is 19.1. The van der Waals surface area contributed by atoms with E-state index in [0.717, 1.165) is 0 Å². The number of carbonyl (C=O) groups excluding carboxylic acids is 3. The third-order valence-electron chi connectivity index (χ3n) is 3.29. The fourth-order valence-corrected chi connectivity index (χ4v) is 2.42. The van der Waals surface area contributed by atoms with Crippen molar-refractivity contribution in [3.63, 3.8) is 0 Å². The number of ether oxygens (including phenoxy) is 1. The van der Waals surface area contributed by atoms with Crippen molar-refractivity contribution in [3.05, 3.63) is 58.6 Å². The molecule has 0 aliphatic rings. The second kappa shape index (κ2) is 8.98. The molecule has 0 heterocycles. The Labute approximate surface area is 155 Å². The van der Waals surface area contributed by atoms with Gasteiger partial charge in [0.1, 0.15) is 5.75 Å². The molecule has 0 aliphatic heterocycles. The minimum atomic E-state index is -0.527. The van der Waals surface area contributed by atoms with E-state index in [1.807, 2.05) is 0 Å². The maximum atomic E-state index is 12.4. The molecule has 7 nitrogen and oxygen atoms in total. The summed E-state index contributed by atoms with van der Waals surface area (Å²) in [5.74, 6) is -1.20. The summed E-state index contributed by atoms with van der Waals surface area (Å²) in [5, 5.41) is 5.46. The first-order chi connectivity index (χ1) is 12.4. The number of nitrogens with one attached hydrogen (secondary N) is 2. The molecule has 0 spiro atoms. The first kappa shape index (κ1) is 19.4. The highest BCUT2D eigenvalue weighted by molar-refractivity contribution is 6.34. The van der Waals surface area contributed by atoms with Crippen LogP contribution in [0.3, 0.4) is 0 Å². The second-order valence-electron chi connectivity index (χ2n) is 5.28. The lowest BCUT2D eigenvalue weighted by Gasteiger charge is -2.11. The molecule has 0 saturated heterocycles. The van der Waals surface area contributed by atoms with Gasteiger partial charge in [0.2, 0.25) is 0 Å². The standard InChI is InChI=1S/C18H18ClN3O4/c1-11(23)26-16-5-3-2-4-14(16)18(25)22-12-6-7-13(15(19)10-12)17(24)21-9-8-20/h2-7,10H,8-9,20H2,1H3,(H,21,24)(H,22,25). The molecule has 136 valence electrons. The molecular weight excluding hydrogens is 358 g/mol. The molecule has 0 bridgehead atoms. The summed E-state index contributed by atoms with van der Waals surface area (Å²) in [6, 6.07) is 10.9. The number of hydrogen-bond donors (Lipinski definition) is 3. The Balaban J connectivity index is 2.16. The van der Waals surface area contributed by atoms with Crippen molar-refractivity contribution in [1.29, 1.82) is 0 Å². The number of rotatable bonds is 6. The molecule has 0 aliphatic carbocycles. The summed E-state index contributed by atoms with van der Waals surface area (Å²) < 4.78 is 5.03. The van der Waals surface area contributed by atoms with Crippen molar-refractivity contribution in [2.45, 2.75) is 6.92 Å². The lowest BCUT2D eigenvalue weighted by atomic mass is 10.1. The van der Waals surface area contributed by atoms with Gasteiger partial charge in [0.15, 0.2) is 0 Å². The quantitative estimate of drug-likeness (QED) is 0.529. The Morgan fingerprint density at radius 3 is 2.46 bits per heavy atom. The van der Waals surface area contributed by atoms with E-state index in [0.29, 0.717) is 18.8 Å². The van der Waals surface area contributed by atoms with Gasteiger partial charge in [0, 0.05) is 25.7 Å². The maximum absolute atomic E-state index is 12.4. The number of esters is 1. The molecule has 26 heavy (non-hydrogen) atoms. The summed E-state index contributed by atoms with van der Waals surface area (Å²) in [6.45, 7) is 1.91. The molecule has 2 aromatic rings. The maximum Gasteiger partial charge on any atom is 0.308 e. The fourth-order valence-electron chi connectivity index (χ4n) is 2.15. The van der Waals surface area contributed by atoms with Gasteiger partial charge in [0.05, 0.1) is 16.1 Å². The summed E-state index contributed by atoms with van der Waals surface area (Å²) in [4.78, 5) is 35.5. The van der Waals surface area contributed by atoms with Gasteiger partial charge in [-0.3, -0.25) is 14.4 Å². The highest BCUT2D eigenvalue weighted by Gasteiger charge is 2.15. The van der Waals surface area contributed by atoms with Gasteiger partial charge in [-0.05, 0) is 30.3 Å². The molecule has 0 unspecified atom stereocenters. The number of nitrogens with two attached hydrogens (primary N) is 1. The van der Waals surface area contributed by atoms with Gasteiger partial charge in [-0.15, -0.1) is 0 Å². The minimum absolute atomic E-state index is 0.154. The predicted octanol–water partition coefficient (Wildman–Crippen LogP) is 2.21. The SMILES string of the molecule is CC(=O)Oc1ccccc1C(=O)Nc1ccc(C(=O)NCCN)c(Cl)c1. The number of anilines is 1. The minimum Gasteiger partial charge on any atom is -0.426 e. The van der Waals surface area contributed by atoms with E-state index >= 15 is 0 Å². The van der Waals surface area contributed by atoms with Crippen LogP contribution in [-0.2, 0) is 4.79 Å². The Morgan fingerprint density at radius 1 is 1.08 bits per heavy atom. The van der Waals surface area contributed by atoms with E-state index in [4.69, 9.17) is 22.1 Å². The molecule has 0 radical (unpaired) electrons. The molecule has 0 fully saturated rings. The van der Waals surface area contributed by atoms with E-state index in [1.165, 1.54) is 31.2 Å². The van der Waals surface area contributed by atoms with Gasteiger partial charge in [-0.2, -0.15) is 0 Å². The third-order valence-corrected chi connectivity index (χ3v) is 3.60. The number of amides is 2.